The molecule has 0 bridgehead atoms. The quantitative estimate of drug-likeness (QED) is 0.435. The number of hydrogen-bond acceptors (Lipinski definition) is 2. The highest BCUT2D eigenvalue weighted by Crippen LogP contribution is 1.98. The van der Waals surface area contributed by atoms with Crippen LogP contribution in [0.2, 0.25) is 0 Å². The van der Waals surface area contributed by atoms with E-state index in [0.717, 1.165) is 0 Å². The Balaban J connectivity index is -0.000000118. The zero-order chi connectivity index (χ0) is 10.7. The molecule has 3 N–H and O–H groups in total. The molecule has 0 aromatic rings. The third kappa shape index (κ3) is 59.9. The fourth-order valence-electron chi connectivity index (χ4n) is 0. The van der Waals surface area contributed by atoms with E-state index in [1.807, 2.05) is 13.8 Å². The van der Waals surface area contributed by atoms with Crippen molar-refractivity contribution in [2.24, 2.45) is 0 Å². The Bertz CT molecular complexity index is 138. The van der Waals surface area contributed by atoms with Gasteiger partial charge in [-0.25, -0.2) is 4.79 Å². The minimum Gasteiger partial charge on any atom is -0.478 e. The van der Waals surface area contributed by atoms with Gasteiger partial charge < -0.3 is 5.11 Å². The Hall–Kier alpha value is -0.770. The molecule has 5 nitrogen and oxygen atoms in total. The van der Waals surface area contributed by atoms with Crippen molar-refractivity contribution in [2.45, 2.75) is 20.8 Å². The third-order valence-electron chi connectivity index (χ3n) is 0.365. The van der Waals surface area contributed by atoms with E-state index >= 15 is 0 Å². The van der Waals surface area contributed by atoms with Gasteiger partial charge in [-0.05, 0) is 6.92 Å². The summed E-state index contributed by atoms with van der Waals surface area (Å²) in [5.74, 6) is -0.935. The summed E-state index contributed by atoms with van der Waals surface area (Å²) < 4.78 is 8.70. The predicted molar refractivity (Wildman–Crippen MR) is 45.8 cm³/mol. The number of carboxylic acids is 1. The summed E-state index contributed by atoms with van der Waals surface area (Å²) in [5, 5.41) is 7.89. The number of hydrogen-bond donors (Lipinski definition) is 3. The van der Waals surface area contributed by atoms with Crippen LogP contribution >= 0.6 is 8.25 Å². The summed E-state index contributed by atoms with van der Waals surface area (Å²) in [5.41, 5.74) is 0.176. The normalized spacial score (nSPS) is 6.42. The average Bonchev–Trinajstić information content (AvgIpc) is 1.90. The first kappa shape index (κ1) is 17.4. The van der Waals surface area contributed by atoms with Crippen LogP contribution in [0, 0.1) is 0 Å². The van der Waals surface area contributed by atoms with E-state index in [1.54, 1.807) is 0 Å². The summed E-state index contributed by atoms with van der Waals surface area (Å²) in [7, 11) is -2.87. The average molecular weight is 197 g/mol. The molecule has 0 amide bonds. The molecule has 0 heterocycles. The van der Waals surface area contributed by atoms with E-state index < -0.39 is 14.2 Å². The summed E-state index contributed by atoms with van der Waals surface area (Å²) in [6, 6.07) is 0. The van der Waals surface area contributed by atoms with E-state index in [4.69, 9.17) is 19.5 Å². The first-order valence-electron chi connectivity index (χ1n) is 3.11. The maximum Gasteiger partial charge on any atom is 0.692 e. The smallest absolute Gasteiger partial charge is 0.478 e. The second kappa shape index (κ2) is 12.9. The lowest BCUT2D eigenvalue weighted by Crippen LogP contribution is -1.92. The second-order valence-corrected chi connectivity index (χ2v) is 1.84. The van der Waals surface area contributed by atoms with Gasteiger partial charge in [-0.15, -0.1) is 9.79 Å². The van der Waals surface area contributed by atoms with Crippen LogP contribution in [0.25, 0.3) is 0 Å². The van der Waals surface area contributed by atoms with Crippen LogP contribution in [0.5, 0.6) is 0 Å². The van der Waals surface area contributed by atoms with E-state index in [9.17, 15) is 4.79 Å². The second-order valence-electron chi connectivity index (χ2n) is 1.34. The zero-order valence-corrected chi connectivity index (χ0v) is 8.21. The molecule has 0 radical (unpaired) electrons. The maximum absolute atomic E-state index is 9.60. The fraction of sp³-hybridized carbons (Fsp3) is 0.500. The highest BCUT2D eigenvalue weighted by Gasteiger charge is 1.93. The van der Waals surface area contributed by atoms with Gasteiger partial charge in [0.2, 0.25) is 0 Å². The van der Waals surface area contributed by atoms with E-state index in [0.29, 0.717) is 0 Å². The molecule has 0 aliphatic carbocycles. The predicted octanol–water partition coefficient (Wildman–Crippen LogP) is 1.30. The monoisotopic (exact) mass is 197 g/mol. The Labute approximate surface area is 72.3 Å². The molecule has 0 aliphatic rings. The molecule has 6 heteroatoms. The van der Waals surface area contributed by atoms with Gasteiger partial charge in [-0.2, -0.15) is 0 Å². The first-order valence-corrected chi connectivity index (χ1v) is 4.28. The number of aliphatic carboxylic acids is 1. The van der Waals surface area contributed by atoms with Crippen molar-refractivity contribution in [3.63, 3.8) is 0 Å². The van der Waals surface area contributed by atoms with Gasteiger partial charge in [0, 0.05) is 10.1 Å². The van der Waals surface area contributed by atoms with Gasteiger partial charge in [0.05, 0.1) is 0 Å². The van der Waals surface area contributed by atoms with Crippen LogP contribution in [-0.2, 0) is 9.36 Å². The van der Waals surface area contributed by atoms with Gasteiger partial charge in [0.1, 0.15) is 0 Å². The summed E-state index contributed by atoms with van der Waals surface area (Å²) >= 11 is 0. The number of rotatable bonds is 1. The van der Waals surface area contributed by atoms with Gasteiger partial charge in [-0.3, -0.25) is 0 Å². The molecule has 0 atom stereocenters. The Morgan fingerprint density at radius 1 is 1.33 bits per heavy atom. The zero-order valence-electron chi connectivity index (χ0n) is 7.31. The van der Waals surface area contributed by atoms with Gasteiger partial charge in [-0.1, -0.05) is 20.4 Å². The minimum absolute atomic E-state index is 0.176. The third-order valence-corrected chi connectivity index (χ3v) is 0.365. The van der Waals surface area contributed by atoms with E-state index in [1.165, 1.54) is 6.92 Å². The molecule has 0 aliphatic heterocycles. The van der Waals surface area contributed by atoms with Crippen LogP contribution in [0.15, 0.2) is 12.2 Å². The fourth-order valence-corrected chi connectivity index (χ4v) is 0. The molecule has 0 aromatic carbocycles. The first-order chi connectivity index (χ1) is 5.37. The van der Waals surface area contributed by atoms with Crippen molar-refractivity contribution in [3.8, 4) is 0 Å². The number of carbonyl (C=O) groups is 1. The van der Waals surface area contributed by atoms with Crippen molar-refractivity contribution in [2.75, 3.05) is 0 Å². The summed E-state index contributed by atoms with van der Waals surface area (Å²) in [4.78, 5) is 23.8. The lowest BCUT2D eigenvalue weighted by molar-refractivity contribution is -0.132. The van der Waals surface area contributed by atoms with E-state index in [2.05, 4.69) is 6.58 Å². The Morgan fingerprint density at radius 3 is 1.42 bits per heavy atom. The molecular formula is C6H14O5P+. The van der Waals surface area contributed by atoms with E-state index in [-0.39, 0.29) is 5.57 Å². The van der Waals surface area contributed by atoms with Crippen molar-refractivity contribution in [1.82, 2.24) is 0 Å². The van der Waals surface area contributed by atoms with Gasteiger partial charge in [0.25, 0.3) is 0 Å². The largest absolute Gasteiger partial charge is 0.692 e. The Morgan fingerprint density at radius 2 is 1.42 bits per heavy atom. The molecule has 12 heavy (non-hydrogen) atoms. The topological polar surface area (TPSA) is 94.8 Å². The molecule has 0 spiro atoms. The standard InChI is InChI=1S/C4H6O2.C2H6.HO3P/c1-3(2)4(5)6;1-2;1-4(2)3/h1H2,2H3,(H,5,6);1-2H3;(H-,1,2,3)/p+1. The molecule has 72 valence electrons. The highest BCUT2D eigenvalue weighted by atomic mass is 31.1. The lowest BCUT2D eigenvalue weighted by Gasteiger charge is -1.79. The van der Waals surface area contributed by atoms with Crippen molar-refractivity contribution in [3.05, 3.63) is 12.2 Å². The minimum atomic E-state index is -2.87. The summed E-state index contributed by atoms with van der Waals surface area (Å²) in [6.07, 6.45) is 0. The maximum atomic E-state index is 9.60. The van der Waals surface area contributed by atoms with Gasteiger partial charge >= 0.3 is 14.2 Å². The molecule has 0 saturated heterocycles. The highest BCUT2D eigenvalue weighted by molar-refractivity contribution is 7.30. The molecule has 0 unspecified atom stereocenters. The van der Waals surface area contributed by atoms with Crippen LogP contribution in [0.1, 0.15) is 20.8 Å². The SMILES string of the molecule is C=C(C)C(=O)O.CC.O=[P+](O)O. The van der Waals surface area contributed by atoms with Crippen molar-refractivity contribution >= 4 is 14.2 Å². The molecule has 0 fully saturated rings. The lowest BCUT2D eigenvalue weighted by atomic mass is 10.4. The van der Waals surface area contributed by atoms with Gasteiger partial charge in [0.15, 0.2) is 0 Å². The Kier molecular flexibility index (Phi) is 18.6. The summed E-state index contributed by atoms with van der Waals surface area (Å²) in [6.45, 7) is 8.60. The van der Waals surface area contributed by atoms with Crippen molar-refractivity contribution < 1.29 is 24.3 Å². The molecule has 0 rings (SSSR count). The molecule has 0 aromatic heterocycles. The van der Waals surface area contributed by atoms with Crippen LogP contribution < -0.4 is 0 Å². The van der Waals surface area contributed by atoms with Crippen LogP contribution in [0.3, 0.4) is 0 Å². The number of carboxylic acid groups (broad SMARTS) is 1. The van der Waals surface area contributed by atoms with Crippen LogP contribution in [-0.4, -0.2) is 20.9 Å². The van der Waals surface area contributed by atoms with Crippen molar-refractivity contribution in [1.29, 1.82) is 0 Å². The van der Waals surface area contributed by atoms with Crippen LogP contribution in [0.4, 0.5) is 0 Å². The molecular weight excluding hydrogens is 183 g/mol. The molecule has 0 saturated carbocycles.